The molecule has 1 aromatic heterocycles. The minimum atomic E-state index is -0.0360. The van der Waals surface area contributed by atoms with Crippen LogP contribution in [0.4, 0.5) is 4.79 Å². The van der Waals surface area contributed by atoms with Crippen molar-refractivity contribution in [1.82, 2.24) is 20.4 Å². The molecule has 6 heteroatoms. The van der Waals surface area contributed by atoms with Crippen LogP contribution in [-0.4, -0.2) is 39.9 Å². The standard InChI is InChI=1S/C16H28N4OS/c1-11(10-20-13(3)8-12(2)19-20)9-17-16(21)18-14-6-5-7-15(14)22-4/h8,11,14-15H,5-7,9-10H2,1-4H3,(H2,17,18,21). The Hall–Kier alpha value is -1.17. The molecule has 1 fully saturated rings. The van der Waals surface area contributed by atoms with E-state index in [1.807, 2.05) is 23.4 Å². The van der Waals surface area contributed by atoms with Crippen molar-refractivity contribution in [2.45, 2.75) is 57.9 Å². The number of aromatic nitrogens is 2. The Kier molecular flexibility index (Phi) is 6.17. The van der Waals surface area contributed by atoms with Gasteiger partial charge in [-0.1, -0.05) is 13.3 Å². The predicted molar refractivity (Wildman–Crippen MR) is 92.3 cm³/mol. The van der Waals surface area contributed by atoms with Gasteiger partial charge in [0.2, 0.25) is 0 Å². The summed E-state index contributed by atoms with van der Waals surface area (Å²) in [4.78, 5) is 12.0. The number of thioether (sulfide) groups is 1. The van der Waals surface area contributed by atoms with Crippen LogP contribution >= 0.6 is 11.8 Å². The summed E-state index contributed by atoms with van der Waals surface area (Å²) in [5, 5.41) is 11.2. The Morgan fingerprint density at radius 3 is 2.91 bits per heavy atom. The average molecular weight is 324 g/mol. The normalized spacial score (nSPS) is 22.5. The Morgan fingerprint density at radius 1 is 1.50 bits per heavy atom. The highest BCUT2D eigenvalue weighted by atomic mass is 32.2. The molecular weight excluding hydrogens is 296 g/mol. The first-order valence-corrected chi connectivity index (χ1v) is 9.36. The van der Waals surface area contributed by atoms with E-state index in [0.717, 1.165) is 18.7 Å². The van der Waals surface area contributed by atoms with Crippen LogP contribution in [0, 0.1) is 19.8 Å². The minimum absolute atomic E-state index is 0.0360. The van der Waals surface area contributed by atoms with Crippen molar-refractivity contribution in [3.63, 3.8) is 0 Å². The topological polar surface area (TPSA) is 59.0 Å². The van der Waals surface area contributed by atoms with Gasteiger partial charge in [0, 0.05) is 30.1 Å². The summed E-state index contributed by atoms with van der Waals surface area (Å²) in [6, 6.07) is 2.36. The largest absolute Gasteiger partial charge is 0.338 e. The smallest absolute Gasteiger partial charge is 0.315 e. The molecule has 2 N–H and O–H groups in total. The maximum Gasteiger partial charge on any atom is 0.315 e. The third kappa shape index (κ3) is 4.66. The molecule has 3 atom stereocenters. The van der Waals surface area contributed by atoms with E-state index in [1.165, 1.54) is 18.5 Å². The van der Waals surface area contributed by atoms with E-state index in [0.29, 0.717) is 23.8 Å². The number of hydrogen-bond acceptors (Lipinski definition) is 3. The van der Waals surface area contributed by atoms with Gasteiger partial charge < -0.3 is 10.6 Å². The van der Waals surface area contributed by atoms with Crippen molar-refractivity contribution in [2.75, 3.05) is 12.8 Å². The average Bonchev–Trinajstić information content (AvgIpc) is 3.03. The predicted octanol–water partition coefficient (Wildman–Crippen LogP) is 2.72. The molecule has 22 heavy (non-hydrogen) atoms. The van der Waals surface area contributed by atoms with Crippen molar-refractivity contribution >= 4 is 17.8 Å². The molecule has 0 aromatic carbocycles. The third-order valence-electron chi connectivity index (χ3n) is 4.27. The van der Waals surface area contributed by atoms with Crippen molar-refractivity contribution in [3.05, 3.63) is 17.5 Å². The summed E-state index contributed by atoms with van der Waals surface area (Å²) < 4.78 is 2.01. The fourth-order valence-electron chi connectivity index (χ4n) is 3.08. The summed E-state index contributed by atoms with van der Waals surface area (Å²) >= 11 is 1.86. The van der Waals surface area contributed by atoms with Gasteiger partial charge in [0.1, 0.15) is 0 Å². The Bertz CT molecular complexity index is 502. The Balaban J connectivity index is 1.72. The molecule has 5 nitrogen and oxygen atoms in total. The number of urea groups is 1. The number of carbonyl (C=O) groups excluding carboxylic acids is 1. The molecule has 124 valence electrons. The first-order valence-electron chi connectivity index (χ1n) is 8.07. The molecular formula is C16H28N4OS. The van der Waals surface area contributed by atoms with Gasteiger partial charge in [0.05, 0.1) is 5.69 Å². The summed E-state index contributed by atoms with van der Waals surface area (Å²) in [5.41, 5.74) is 2.21. The lowest BCUT2D eigenvalue weighted by Gasteiger charge is -2.20. The van der Waals surface area contributed by atoms with E-state index < -0.39 is 0 Å². The molecule has 1 saturated carbocycles. The first kappa shape index (κ1) is 17.2. The summed E-state index contributed by atoms with van der Waals surface area (Å²) in [6.07, 6.45) is 5.64. The first-order chi connectivity index (χ1) is 10.5. The van der Waals surface area contributed by atoms with Crippen LogP contribution in [0.15, 0.2) is 6.07 Å². The minimum Gasteiger partial charge on any atom is -0.338 e. The number of nitrogens with zero attached hydrogens (tertiary/aromatic N) is 2. The van der Waals surface area contributed by atoms with Gasteiger partial charge in [-0.2, -0.15) is 16.9 Å². The number of rotatable bonds is 6. The third-order valence-corrected chi connectivity index (χ3v) is 5.44. The van der Waals surface area contributed by atoms with E-state index in [-0.39, 0.29) is 6.03 Å². The lowest BCUT2D eigenvalue weighted by atomic mass is 10.2. The number of amides is 2. The van der Waals surface area contributed by atoms with Gasteiger partial charge in [-0.3, -0.25) is 4.68 Å². The molecule has 0 aliphatic heterocycles. The van der Waals surface area contributed by atoms with E-state index >= 15 is 0 Å². The van der Waals surface area contributed by atoms with Crippen molar-refractivity contribution < 1.29 is 4.79 Å². The number of aryl methyl sites for hydroxylation is 2. The monoisotopic (exact) mass is 324 g/mol. The second kappa shape index (κ2) is 7.90. The molecule has 1 heterocycles. The van der Waals surface area contributed by atoms with Gasteiger partial charge in [-0.05, 0) is 44.9 Å². The maximum atomic E-state index is 12.0. The SMILES string of the molecule is CSC1CCCC1NC(=O)NCC(C)Cn1nc(C)cc1C. The molecule has 2 amide bonds. The second-order valence-corrected chi connectivity index (χ2v) is 7.46. The van der Waals surface area contributed by atoms with E-state index in [9.17, 15) is 4.79 Å². The molecule has 0 bridgehead atoms. The molecule has 1 aromatic rings. The highest BCUT2D eigenvalue weighted by Gasteiger charge is 2.27. The zero-order chi connectivity index (χ0) is 16.1. The van der Waals surface area contributed by atoms with Crippen LogP contribution in [0.2, 0.25) is 0 Å². The molecule has 0 radical (unpaired) electrons. The fourth-order valence-corrected chi connectivity index (χ4v) is 4.01. The highest BCUT2D eigenvalue weighted by molar-refractivity contribution is 7.99. The van der Waals surface area contributed by atoms with Crippen molar-refractivity contribution in [2.24, 2.45) is 5.92 Å². The van der Waals surface area contributed by atoms with Gasteiger partial charge in [0.15, 0.2) is 0 Å². The Labute approximate surface area is 137 Å². The van der Waals surface area contributed by atoms with E-state index in [1.54, 1.807) is 0 Å². The zero-order valence-electron chi connectivity index (χ0n) is 14.1. The van der Waals surface area contributed by atoms with Crippen LogP contribution in [-0.2, 0) is 6.54 Å². The number of nitrogens with one attached hydrogen (secondary N) is 2. The summed E-state index contributed by atoms with van der Waals surface area (Å²) in [7, 11) is 0. The molecule has 1 aliphatic carbocycles. The van der Waals surface area contributed by atoms with Gasteiger partial charge in [-0.15, -0.1) is 0 Å². The maximum absolute atomic E-state index is 12.0. The molecule has 0 spiro atoms. The van der Waals surface area contributed by atoms with Crippen molar-refractivity contribution in [3.8, 4) is 0 Å². The molecule has 3 unspecified atom stereocenters. The zero-order valence-corrected chi connectivity index (χ0v) is 14.9. The van der Waals surface area contributed by atoms with Crippen LogP contribution in [0.25, 0.3) is 0 Å². The summed E-state index contributed by atoms with van der Waals surface area (Å²) in [5.74, 6) is 0.351. The number of carbonyl (C=O) groups is 1. The van der Waals surface area contributed by atoms with Crippen molar-refractivity contribution in [1.29, 1.82) is 0 Å². The summed E-state index contributed by atoms with van der Waals surface area (Å²) in [6.45, 7) is 7.70. The quantitative estimate of drug-likeness (QED) is 0.846. The van der Waals surface area contributed by atoms with Crippen LogP contribution in [0.5, 0.6) is 0 Å². The molecule has 1 aliphatic rings. The molecule has 2 rings (SSSR count). The fraction of sp³-hybridized carbons (Fsp3) is 0.750. The van der Waals surface area contributed by atoms with Crippen LogP contribution in [0.3, 0.4) is 0 Å². The number of hydrogen-bond donors (Lipinski definition) is 2. The lowest BCUT2D eigenvalue weighted by Crippen LogP contribution is -2.45. The van der Waals surface area contributed by atoms with Gasteiger partial charge >= 0.3 is 6.03 Å². The highest BCUT2D eigenvalue weighted by Crippen LogP contribution is 2.28. The van der Waals surface area contributed by atoms with Crippen LogP contribution < -0.4 is 10.6 Å². The van der Waals surface area contributed by atoms with Gasteiger partial charge in [-0.25, -0.2) is 4.79 Å². The Morgan fingerprint density at radius 2 is 2.27 bits per heavy atom. The van der Waals surface area contributed by atoms with Gasteiger partial charge in [0.25, 0.3) is 0 Å². The van der Waals surface area contributed by atoms with E-state index in [4.69, 9.17) is 0 Å². The van der Waals surface area contributed by atoms with Crippen LogP contribution in [0.1, 0.15) is 37.6 Å². The second-order valence-electron chi connectivity index (χ2n) is 6.38. The van der Waals surface area contributed by atoms with E-state index in [2.05, 4.69) is 41.9 Å². The lowest BCUT2D eigenvalue weighted by molar-refractivity contribution is 0.235. The molecule has 0 saturated heterocycles.